The van der Waals surface area contributed by atoms with Gasteiger partial charge >= 0.3 is 5.97 Å². The van der Waals surface area contributed by atoms with Crippen molar-refractivity contribution in [3.63, 3.8) is 0 Å². The van der Waals surface area contributed by atoms with Gasteiger partial charge in [0.05, 0.1) is 12.0 Å². The molecule has 1 heterocycles. The molecule has 2 rings (SSSR count). The van der Waals surface area contributed by atoms with E-state index in [1.807, 2.05) is 52.8 Å². The summed E-state index contributed by atoms with van der Waals surface area (Å²) in [4.78, 5) is 12.3. The number of aliphatic hydroxyl groups excluding tert-OH is 1. The lowest BCUT2D eigenvalue weighted by Gasteiger charge is -2.25. The maximum Gasteiger partial charge on any atom is 0.312 e. The minimum atomic E-state index is -0.799. The first-order chi connectivity index (χ1) is 10.5. The van der Waals surface area contributed by atoms with Crippen molar-refractivity contribution in [2.75, 3.05) is 0 Å². The highest BCUT2D eigenvalue weighted by Gasteiger charge is 2.33. The minimum absolute atomic E-state index is 0.379. The van der Waals surface area contributed by atoms with E-state index in [-0.39, 0.29) is 0 Å². The SMILES string of the molecule is C[C@H](O)[C@H](Cc1ccc2c(c1)OC(C)(C)O2)C(=O)OC(C)(C)C. The highest BCUT2D eigenvalue weighted by atomic mass is 16.7. The number of fused-ring (bicyclic) bond motifs is 1. The molecular weight excluding hydrogens is 296 g/mol. The molecule has 1 aromatic rings. The molecule has 5 heteroatoms. The van der Waals surface area contributed by atoms with E-state index in [0.717, 1.165) is 5.56 Å². The van der Waals surface area contributed by atoms with Gasteiger partial charge in [0.1, 0.15) is 5.60 Å². The summed E-state index contributed by atoms with van der Waals surface area (Å²) in [6.07, 6.45) is -0.421. The van der Waals surface area contributed by atoms with E-state index in [4.69, 9.17) is 14.2 Å². The van der Waals surface area contributed by atoms with Gasteiger partial charge in [-0.3, -0.25) is 4.79 Å². The van der Waals surface area contributed by atoms with Gasteiger partial charge in [-0.1, -0.05) is 6.07 Å². The van der Waals surface area contributed by atoms with Crippen molar-refractivity contribution < 1.29 is 24.1 Å². The van der Waals surface area contributed by atoms with E-state index in [1.54, 1.807) is 6.92 Å². The summed E-state index contributed by atoms with van der Waals surface area (Å²) >= 11 is 0. The second-order valence-electron chi connectivity index (χ2n) is 7.47. The molecule has 0 saturated heterocycles. The summed E-state index contributed by atoms with van der Waals surface area (Å²) < 4.78 is 16.8. The molecule has 1 aromatic carbocycles. The number of carbonyl (C=O) groups excluding carboxylic acids is 1. The fourth-order valence-corrected chi connectivity index (χ4v) is 2.48. The van der Waals surface area contributed by atoms with Gasteiger partial charge in [-0.15, -0.1) is 0 Å². The van der Waals surface area contributed by atoms with Crippen LogP contribution in [-0.2, 0) is 16.0 Å². The Balaban J connectivity index is 2.14. The smallest absolute Gasteiger partial charge is 0.312 e. The Labute approximate surface area is 137 Å². The number of esters is 1. The molecule has 0 aliphatic carbocycles. The van der Waals surface area contributed by atoms with Crippen LogP contribution in [0.3, 0.4) is 0 Å². The average Bonchev–Trinajstić information content (AvgIpc) is 2.66. The lowest BCUT2D eigenvalue weighted by molar-refractivity contribution is -0.163. The maximum absolute atomic E-state index is 12.3. The van der Waals surface area contributed by atoms with E-state index < -0.39 is 29.4 Å². The van der Waals surface area contributed by atoms with Gasteiger partial charge in [-0.2, -0.15) is 0 Å². The predicted molar refractivity (Wildman–Crippen MR) is 86.5 cm³/mol. The lowest BCUT2D eigenvalue weighted by Crippen LogP contribution is -2.35. The normalized spacial score (nSPS) is 18.4. The Morgan fingerprint density at radius 1 is 1.26 bits per heavy atom. The summed E-state index contributed by atoms with van der Waals surface area (Å²) in [7, 11) is 0. The third-order valence-corrected chi connectivity index (χ3v) is 3.47. The first kappa shape index (κ1) is 17.6. The van der Waals surface area contributed by atoms with Crippen LogP contribution in [0, 0.1) is 5.92 Å². The maximum atomic E-state index is 12.3. The molecule has 0 spiro atoms. The first-order valence-corrected chi connectivity index (χ1v) is 7.89. The molecule has 0 unspecified atom stereocenters. The molecule has 0 amide bonds. The van der Waals surface area contributed by atoms with Gasteiger partial charge in [-0.25, -0.2) is 0 Å². The molecule has 128 valence electrons. The summed E-state index contributed by atoms with van der Waals surface area (Å²) in [5, 5.41) is 9.96. The Morgan fingerprint density at radius 2 is 1.87 bits per heavy atom. The van der Waals surface area contributed by atoms with Crippen molar-refractivity contribution in [1.29, 1.82) is 0 Å². The molecule has 1 aliphatic heterocycles. The van der Waals surface area contributed by atoms with E-state index in [1.165, 1.54) is 0 Å². The first-order valence-electron chi connectivity index (χ1n) is 7.89. The zero-order chi connectivity index (χ0) is 17.4. The van der Waals surface area contributed by atoms with Crippen LogP contribution in [0.5, 0.6) is 11.5 Å². The van der Waals surface area contributed by atoms with E-state index in [9.17, 15) is 9.90 Å². The van der Waals surface area contributed by atoms with Gasteiger partial charge in [0, 0.05) is 13.8 Å². The summed E-state index contributed by atoms with van der Waals surface area (Å²) in [6.45, 7) is 10.7. The van der Waals surface area contributed by atoms with Gasteiger partial charge in [0.25, 0.3) is 0 Å². The molecule has 0 bridgehead atoms. The molecule has 0 fully saturated rings. The average molecular weight is 322 g/mol. The fourth-order valence-electron chi connectivity index (χ4n) is 2.48. The number of carbonyl (C=O) groups is 1. The quantitative estimate of drug-likeness (QED) is 0.863. The summed E-state index contributed by atoms with van der Waals surface area (Å²) in [6, 6.07) is 5.56. The van der Waals surface area contributed by atoms with E-state index >= 15 is 0 Å². The minimum Gasteiger partial charge on any atom is -0.460 e. The van der Waals surface area contributed by atoms with Gasteiger partial charge < -0.3 is 19.3 Å². The molecule has 0 saturated carbocycles. The van der Waals surface area contributed by atoms with Crippen molar-refractivity contribution >= 4 is 5.97 Å². The monoisotopic (exact) mass is 322 g/mol. The van der Waals surface area contributed by atoms with Crippen LogP contribution in [0.4, 0.5) is 0 Å². The molecular formula is C18H26O5. The van der Waals surface area contributed by atoms with Gasteiger partial charge in [-0.05, 0) is 51.8 Å². The topological polar surface area (TPSA) is 65.0 Å². The number of benzene rings is 1. The molecule has 5 nitrogen and oxygen atoms in total. The Bertz CT molecular complexity index is 584. The highest BCUT2D eigenvalue weighted by Crippen LogP contribution is 2.40. The van der Waals surface area contributed by atoms with E-state index in [2.05, 4.69) is 0 Å². The second kappa shape index (κ2) is 6.04. The zero-order valence-electron chi connectivity index (χ0n) is 14.7. The summed E-state index contributed by atoms with van der Waals surface area (Å²) in [5.41, 5.74) is 0.310. The second-order valence-corrected chi connectivity index (χ2v) is 7.47. The third-order valence-electron chi connectivity index (χ3n) is 3.47. The molecule has 0 aromatic heterocycles. The zero-order valence-corrected chi connectivity index (χ0v) is 14.7. The van der Waals surface area contributed by atoms with Gasteiger partial charge in [0.2, 0.25) is 5.79 Å². The Kier molecular flexibility index (Phi) is 4.62. The van der Waals surface area contributed by atoms with Gasteiger partial charge in [0.15, 0.2) is 11.5 Å². The summed E-state index contributed by atoms with van der Waals surface area (Å²) in [5.74, 6) is -0.366. The Hall–Kier alpha value is -1.75. The predicted octanol–water partition coefficient (Wildman–Crippen LogP) is 3.08. The van der Waals surface area contributed by atoms with Crippen molar-refractivity contribution in [3.8, 4) is 11.5 Å². The van der Waals surface area contributed by atoms with Crippen LogP contribution in [0.2, 0.25) is 0 Å². The number of hydrogen-bond donors (Lipinski definition) is 1. The van der Waals surface area contributed by atoms with Crippen LogP contribution in [0.15, 0.2) is 18.2 Å². The standard InChI is InChI=1S/C18H26O5/c1-11(19)13(16(20)23-17(2,3)4)9-12-7-8-14-15(10-12)22-18(5,6)21-14/h7-8,10-11,13,19H,9H2,1-6H3/t11-,13-/m0/s1. The van der Waals surface area contributed by atoms with Crippen molar-refractivity contribution in [2.24, 2.45) is 5.92 Å². The fraction of sp³-hybridized carbons (Fsp3) is 0.611. The van der Waals surface area contributed by atoms with Crippen LogP contribution >= 0.6 is 0 Å². The Morgan fingerprint density at radius 3 is 2.43 bits per heavy atom. The molecule has 1 N–H and O–H groups in total. The molecule has 2 atom stereocenters. The highest BCUT2D eigenvalue weighted by molar-refractivity contribution is 5.74. The van der Waals surface area contributed by atoms with Crippen LogP contribution in [0.25, 0.3) is 0 Å². The number of rotatable bonds is 4. The largest absolute Gasteiger partial charge is 0.460 e. The van der Waals surface area contributed by atoms with Crippen molar-refractivity contribution in [1.82, 2.24) is 0 Å². The molecule has 23 heavy (non-hydrogen) atoms. The van der Waals surface area contributed by atoms with Crippen LogP contribution in [0.1, 0.15) is 47.1 Å². The third kappa shape index (κ3) is 4.61. The van der Waals surface area contributed by atoms with Crippen LogP contribution in [-0.4, -0.2) is 28.6 Å². The van der Waals surface area contributed by atoms with Crippen molar-refractivity contribution in [3.05, 3.63) is 23.8 Å². The molecule has 1 aliphatic rings. The molecule has 0 radical (unpaired) electrons. The lowest BCUT2D eigenvalue weighted by atomic mass is 9.94. The van der Waals surface area contributed by atoms with Crippen LogP contribution < -0.4 is 9.47 Å². The number of aliphatic hydroxyl groups is 1. The number of hydrogen-bond acceptors (Lipinski definition) is 5. The van der Waals surface area contributed by atoms with Crippen molar-refractivity contribution in [2.45, 2.75) is 65.5 Å². The van der Waals surface area contributed by atoms with E-state index in [0.29, 0.717) is 17.9 Å². The number of ether oxygens (including phenoxy) is 3.